The molecule has 106 valence electrons. The molecule has 0 saturated heterocycles. The van der Waals surface area contributed by atoms with Gasteiger partial charge in [0.1, 0.15) is 11.6 Å². The highest BCUT2D eigenvalue weighted by atomic mass is 19.1. The van der Waals surface area contributed by atoms with E-state index in [1.165, 1.54) is 6.07 Å². The van der Waals surface area contributed by atoms with Gasteiger partial charge < -0.3 is 10.6 Å². The summed E-state index contributed by atoms with van der Waals surface area (Å²) in [5.41, 5.74) is 2.14. The molecule has 0 spiro atoms. The summed E-state index contributed by atoms with van der Waals surface area (Å²) in [7, 11) is 0. The zero-order chi connectivity index (χ0) is 14.5. The van der Waals surface area contributed by atoms with Crippen LogP contribution in [0.1, 0.15) is 24.6 Å². The van der Waals surface area contributed by atoms with E-state index in [1.807, 2.05) is 19.1 Å². The molecule has 2 aromatic rings. The van der Waals surface area contributed by atoms with Crippen LogP contribution in [0.15, 0.2) is 24.3 Å². The van der Waals surface area contributed by atoms with Crippen LogP contribution in [0.5, 0.6) is 0 Å². The molecule has 20 heavy (non-hydrogen) atoms. The third-order valence-corrected chi connectivity index (χ3v) is 2.92. The van der Waals surface area contributed by atoms with Crippen LogP contribution in [-0.2, 0) is 0 Å². The fourth-order valence-corrected chi connectivity index (χ4v) is 1.83. The molecule has 1 heterocycles. The van der Waals surface area contributed by atoms with Gasteiger partial charge in [-0.05, 0) is 32.4 Å². The summed E-state index contributed by atoms with van der Waals surface area (Å²) < 4.78 is 13.5. The minimum atomic E-state index is -0.231. The first-order valence-corrected chi connectivity index (χ1v) is 6.72. The first kappa shape index (κ1) is 14.2. The number of nitrogens with one attached hydrogen (secondary N) is 2. The maximum atomic E-state index is 13.5. The molecule has 0 aliphatic heterocycles. The highest BCUT2D eigenvalue weighted by molar-refractivity contribution is 5.61. The Hall–Kier alpha value is -2.17. The van der Waals surface area contributed by atoms with Crippen molar-refractivity contribution in [2.24, 2.45) is 0 Å². The van der Waals surface area contributed by atoms with Crippen molar-refractivity contribution in [1.82, 2.24) is 9.97 Å². The average Bonchev–Trinajstić information content (AvgIpc) is 2.41. The fourth-order valence-electron chi connectivity index (χ4n) is 1.83. The van der Waals surface area contributed by atoms with Gasteiger partial charge in [-0.2, -0.15) is 4.98 Å². The Morgan fingerprint density at radius 3 is 2.75 bits per heavy atom. The molecule has 0 fully saturated rings. The van der Waals surface area contributed by atoms with Gasteiger partial charge in [0.25, 0.3) is 0 Å². The molecule has 0 radical (unpaired) electrons. The van der Waals surface area contributed by atoms with E-state index >= 15 is 0 Å². The maximum absolute atomic E-state index is 13.5. The van der Waals surface area contributed by atoms with Gasteiger partial charge in [0, 0.05) is 29.6 Å². The molecule has 1 aromatic heterocycles. The molecule has 0 unspecified atom stereocenters. The van der Waals surface area contributed by atoms with Crippen LogP contribution < -0.4 is 10.6 Å². The van der Waals surface area contributed by atoms with Gasteiger partial charge in [-0.25, -0.2) is 9.37 Å². The Labute approximate surface area is 118 Å². The van der Waals surface area contributed by atoms with Gasteiger partial charge in [0.2, 0.25) is 5.95 Å². The molecule has 2 rings (SSSR count). The third kappa shape index (κ3) is 3.44. The predicted molar refractivity (Wildman–Crippen MR) is 80.0 cm³/mol. The van der Waals surface area contributed by atoms with Crippen molar-refractivity contribution < 1.29 is 4.39 Å². The highest BCUT2D eigenvalue weighted by Crippen LogP contribution is 2.22. The standard InChI is InChI=1S/C15H19FN4/c1-4-8-17-15-18-10(2)9-14(20-15)19-13-7-5-6-12(16)11(13)3/h5-7,9H,4,8H2,1-3H3,(H2,17,18,19,20). The van der Waals surface area contributed by atoms with E-state index in [0.29, 0.717) is 23.0 Å². The summed E-state index contributed by atoms with van der Waals surface area (Å²) in [4.78, 5) is 8.70. The Balaban J connectivity index is 2.24. The van der Waals surface area contributed by atoms with E-state index in [0.717, 1.165) is 18.7 Å². The number of rotatable bonds is 5. The lowest BCUT2D eigenvalue weighted by atomic mass is 10.2. The number of aryl methyl sites for hydroxylation is 1. The Bertz CT molecular complexity index is 598. The second-order valence-electron chi connectivity index (χ2n) is 4.68. The molecule has 0 aliphatic rings. The molecule has 0 atom stereocenters. The molecule has 0 saturated carbocycles. The van der Waals surface area contributed by atoms with Gasteiger partial charge in [0.05, 0.1) is 0 Å². The van der Waals surface area contributed by atoms with Crippen molar-refractivity contribution in [3.05, 3.63) is 41.3 Å². The largest absolute Gasteiger partial charge is 0.354 e. The molecule has 0 aliphatic carbocycles. The SMILES string of the molecule is CCCNc1nc(C)cc(Nc2cccc(F)c2C)n1. The van der Waals surface area contributed by atoms with Crippen molar-refractivity contribution in [2.45, 2.75) is 27.2 Å². The Morgan fingerprint density at radius 1 is 1.20 bits per heavy atom. The van der Waals surface area contributed by atoms with Crippen LogP contribution in [-0.4, -0.2) is 16.5 Å². The lowest BCUT2D eigenvalue weighted by Gasteiger charge is -2.11. The normalized spacial score (nSPS) is 10.4. The summed E-state index contributed by atoms with van der Waals surface area (Å²) in [6, 6.07) is 6.78. The topological polar surface area (TPSA) is 49.8 Å². The Morgan fingerprint density at radius 2 is 2.00 bits per heavy atom. The van der Waals surface area contributed by atoms with E-state index in [2.05, 4.69) is 27.5 Å². The molecule has 2 N–H and O–H groups in total. The zero-order valence-electron chi connectivity index (χ0n) is 12.0. The lowest BCUT2D eigenvalue weighted by molar-refractivity contribution is 0.619. The third-order valence-electron chi connectivity index (χ3n) is 2.92. The maximum Gasteiger partial charge on any atom is 0.224 e. The van der Waals surface area contributed by atoms with Crippen LogP contribution >= 0.6 is 0 Å². The smallest absolute Gasteiger partial charge is 0.224 e. The summed E-state index contributed by atoms with van der Waals surface area (Å²) in [5, 5.41) is 6.29. The van der Waals surface area contributed by atoms with E-state index in [4.69, 9.17) is 0 Å². The predicted octanol–water partition coefficient (Wildman–Crippen LogP) is 3.80. The molecule has 0 bridgehead atoms. The molecule has 5 heteroatoms. The quantitative estimate of drug-likeness (QED) is 0.870. The fraction of sp³-hybridized carbons (Fsp3) is 0.333. The number of halogens is 1. The Kier molecular flexibility index (Phi) is 4.50. The molecular weight excluding hydrogens is 255 g/mol. The van der Waals surface area contributed by atoms with Crippen LogP contribution in [0.2, 0.25) is 0 Å². The number of hydrogen-bond donors (Lipinski definition) is 2. The second-order valence-corrected chi connectivity index (χ2v) is 4.68. The minimum Gasteiger partial charge on any atom is -0.354 e. The molecule has 4 nitrogen and oxygen atoms in total. The van der Waals surface area contributed by atoms with E-state index in [1.54, 1.807) is 13.0 Å². The second kappa shape index (κ2) is 6.32. The van der Waals surface area contributed by atoms with Gasteiger partial charge in [0.15, 0.2) is 0 Å². The van der Waals surface area contributed by atoms with Crippen LogP contribution in [0, 0.1) is 19.7 Å². The van der Waals surface area contributed by atoms with Crippen LogP contribution in [0.3, 0.4) is 0 Å². The van der Waals surface area contributed by atoms with Gasteiger partial charge in [-0.1, -0.05) is 13.0 Å². The molecule has 1 aromatic carbocycles. The zero-order valence-corrected chi connectivity index (χ0v) is 12.0. The van der Waals surface area contributed by atoms with Crippen molar-refractivity contribution in [3.63, 3.8) is 0 Å². The van der Waals surface area contributed by atoms with Crippen LogP contribution in [0.4, 0.5) is 21.8 Å². The van der Waals surface area contributed by atoms with E-state index < -0.39 is 0 Å². The number of aromatic nitrogens is 2. The van der Waals surface area contributed by atoms with Crippen molar-refractivity contribution in [2.75, 3.05) is 17.2 Å². The van der Waals surface area contributed by atoms with Crippen LogP contribution in [0.25, 0.3) is 0 Å². The number of anilines is 3. The highest BCUT2D eigenvalue weighted by Gasteiger charge is 2.06. The lowest BCUT2D eigenvalue weighted by Crippen LogP contribution is -2.07. The first-order valence-electron chi connectivity index (χ1n) is 6.72. The van der Waals surface area contributed by atoms with Gasteiger partial charge in [-0.15, -0.1) is 0 Å². The summed E-state index contributed by atoms with van der Waals surface area (Å²) >= 11 is 0. The monoisotopic (exact) mass is 274 g/mol. The number of nitrogens with zero attached hydrogens (tertiary/aromatic N) is 2. The summed E-state index contributed by atoms with van der Waals surface area (Å²) in [6.45, 7) is 6.55. The van der Waals surface area contributed by atoms with E-state index in [-0.39, 0.29) is 5.82 Å². The minimum absolute atomic E-state index is 0.231. The van der Waals surface area contributed by atoms with Crippen molar-refractivity contribution >= 4 is 17.5 Å². The number of benzene rings is 1. The van der Waals surface area contributed by atoms with Crippen molar-refractivity contribution in [3.8, 4) is 0 Å². The summed E-state index contributed by atoms with van der Waals surface area (Å²) in [6.07, 6.45) is 1.00. The molecular formula is C15H19FN4. The van der Waals surface area contributed by atoms with Gasteiger partial charge >= 0.3 is 0 Å². The number of hydrogen-bond acceptors (Lipinski definition) is 4. The van der Waals surface area contributed by atoms with E-state index in [9.17, 15) is 4.39 Å². The molecule has 0 amide bonds. The average molecular weight is 274 g/mol. The van der Waals surface area contributed by atoms with Crippen molar-refractivity contribution in [1.29, 1.82) is 0 Å². The summed E-state index contributed by atoms with van der Waals surface area (Å²) in [5.74, 6) is 1.01. The first-order chi connectivity index (χ1) is 9.60. The van der Waals surface area contributed by atoms with Gasteiger partial charge in [-0.3, -0.25) is 0 Å².